The molecule has 0 unspecified atom stereocenters. The number of hydrogen-bond donors (Lipinski definition) is 1. The fourth-order valence-electron chi connectivity index (χ4n) is 1.32. The summed E-state index contributed by atoms with van der Waals surface area (Å²) in [5, 5.41) is 4.19. The van der Waals surface area contributed by atoms with Crippen molar-refractivity contribution in [3.05, 3.63) is 60.2 Å². The van der Waals surface area contributed by atoms with E-state index in [1.165, 1.54) is 0 Å². The zero-order valence-corrected chi connectivity index (χ0v) is 10.7. The van der Waals surface area contributed by atoms with Crippen molar-refractivity contribution in [2.75, 3.05) is 0 Å². The van der Waals surface area contributed by atoms with Crippen LogP contribution in [0, 0.1) is 0 Å². The van der Waals surface area contributed by atoms with Gasteiger partial charge in [-0.3, -0.25) is 15.4 Å². The van der Waals surface area contributed by atoms with Crippen LogP contribution in [0.1, 0.15) is 18.3 Å². The molecule has 0 aliphatic rings. The fourth-order valence-corrected chi connectivity index (χ4v) is 1.49. The number of thiocarbonyl (C=S) groups is 1. The molecule has 0 fully saturated rings. The summed E-state index contributed by atoms with van der Waals surface area (Å²) < 4.78 is 0. The van der Waals surface area contributed by atoms with E-state index in [1.54, 1.807) is 12.4 Å². The Balaban J connectivity index is 2.05. The molecule has 0 atom stereocenters. The number of rotatable bonds is 3. The fraction of sp³-hybridized carbons (Fsp3) is 0.0769. The van der Waals surface area contributed by atoms with Crippen LogP contribution >= 0.6 is 12.2 Å². The first-order valence-electron chi connectivity index (χ1n) is 5.44. The molecule has 0 bridgehead atoms. The minimum atomic E-state index is 0.492. The van der Waals surface area contributed by atoms with Crippen molar-refractivity contribution in [3.8, 4) is 0 Å². The minimum absolute atomic E-state index is 0.492. The topological polar surface area (TPSA) is 50.2 Å². The summed E-state index contributed by atoms with van der Waals surface area (Å²) in [5.41, 5.74) is 5.10. The number of aromatic nitrogens is 2. The van der Waals surface area contributed by atoms with E-state index in [1.807, 2.05) is 43.3 Å². The Morgan fingerprint density at radius 2 is 1.67 bits per heavy atom. The van der Waals surface area contributed by atoms with E-state index in [2.05, 4.69) is 20.5 Å². The first-order chi connectivity index (χ1) is 8.77. The molecule has 2 rings (SSSR count). The highest BCUT2D eigenvalue weighted by molar-refractivity contribution is 7.80. The second-order valence-corrected chi connectivity index (χ2v) is 3.98. The van der Waals surface area contributed by atoms with E-state index < -0.39 is 0 Å². The maximum absolute atomic E-state index is 5.19. The van der Waals surface area contributed by atoms with Gasteiger partial charge in [0, 0.05) is 12.4 Å². The molecule has 1 N–H and O–H groups in total. The molecule has 2 aromatic heterocycles. The molecule has 0 saturated heterocycles. The van der Waals surface area contributed by atoms with Gasteiger partial charge in [-0.05, 0) is 31.2 Å². The summed E-state index contributed by atoms with van der Waals surface area (Å²) in [5.74, 6) is 0. The maximum atomic E-state index is 5.19. The van der Waals surface area contributed by atoms with Gasteiger partial charge in [0.15, 0.2) is 0 Å². The van der Waals surface area contributed by atoms with Gasteiger partial charge in [-0.1, -0.05) is 24.4 Å². The van der Waals surface area contributed by atoms with Gasteiger partial charge in [0.25, 0.3) is 0 Å². The first-order valence-corrected chi connectivity index (χ1v) is 5.85. The zero-order valence-electron chi connectivity index (χ0n) is 9.87. The van der Waals surface area contributed by atoms with Crippen LogP contribution in [0.5, 0.6) is 0 Å². The number of nitrogens with zero attached hydrogens (tertiary/aromatic N) is 3. The molecule has 2 heterocycles. The van der Waals surface area contributed by atoms with Gasteiger partial charge in [-0.25, -0.2) is 0 Å². The van der Waals surface area contributed by atoms with Crippen molar-refractivity contribution in [2.24, 2.45) is 5.10 Å². The lowest BCUT2D eigenvalue weighted by atomic mass is 10.3. The lowest BCUT2D eigenvalue weighted by molar-refractivity contribution is 1.03. The summed E-state index contributed by atoms with van der Waals surface area (Å²) in [6.45, 7) is 1.87. The van der Waals surface area contributed by atoms with Gasteiger partial charge in [0.1, 0.15) is 4.99 Å². The van der Waals surface area contributed by atoms with Gasteiger partial charge < -0.3 is 0 Å². The maximum Gasteiger partial charge on any atom is 0.145 e. The van der Waals surface area contributed by atoms with E-state index in [0.29, 0.717) is 10.7 Å². The van der Waals surface area contributed by atoms with Crippen molar-refractivity contribution in [1.29, 1.82) is 0 Å². The molecule has 0 saturated carbocycles. The van der Waals surface area contributed by atoms with Crippen molar-refractivity contribution in [1.82, 2.24) is 15.4 Å². The van der Waals surface area contributed by atoms with Crippen LogP contribution < -0.4 is 5.43 Å². The van der Waals surface area contributed by atoms with Crippen LogP contribution in [0.4, 0.5) is 0 Å². The summed E-state index contributed by atoms with van der Waals surface area (Å²) in [4.78, 5) is 8.83. The van der Waals surface area contributed by atoms with E-state index in [4.69, 9.17) is 12.2 Å². The number of pyridine rings is 2. The lowest BCUT2D eigenvalue weighted by Gasteiger charge is -2.03. The molecular weight excluding hydrogens is 244 g/mol. The lowest BCUT2D eigenvalue weighted by Crippen LogP contribution is -2.19. The van der Waals surface area contributed by atoms with Crippen LogP contribution in [0.2, 0.25) is 0 Å². The summed E-state index contributed by atoms with van der Waals surface area (Å²) in [6, 6.07) is 11.2. The Morgan fingerprint density at radius 1 is 1.06 bits per heavy atom. The van der Waals surface area contributed by atoms with Gasteiger partial charge in [-0.15, -0.1) is 0 Å². The van der Waals surface area contributed by atoms with Crippen LogP contribution in [-0.2, 0) is 0 Å². The predicted octanol–water partition coefficient (Wildman–Crippen LogP) is 2.17. The molecule has 0 aliphatic heterocycles. The Bertz CT molecular complexity index is 552. The Kier molecular flexibility index (Phi) is 4.09. The highest BCUT2D eigenvalue weighted by atomic mass is 32.1. The van der Waals surface area contributed by atoms with Crippen LogP contribution in [0.25, 0.3) is 0 Å². The average molecular weight is 256 g/mol. The molecule has 18 heavy (non-hydrogen) atoms. The zero-order chi connectivity index (χ0) is 12.8. The molecule has 5 heteroatoms. The minimum Gasteiger partial charge on any atom is -0.266 e. The van der Waals surface area contributed by atoms with E-state index in [-0.39, 0.29) is 0 Å². The standard InChI is InChI=1S/C13H12N4S/c1-10(11-6-2-4-8-14-11)16-17-13(18)12-7-3-5-9-15-12/h2-9H,1H3,(H,17,18)/b16-10+. The Morgan fingerprint density at radius 3 is 2.22 bits per heavy atom. The average Bonchev–Trinajstić information content (AvgIpc) is 2.46. The molecule has 0 amide bonds. The predicted molar refractivity (Wildman–Crippen MR) is 75.5 cm³/mol. The quantitative estimate of drug-likeness (QED) is 0.519. The molecule has 0 aliphatic carbocycles. The molecular formula is C13H12N4S. The van der Waals surface area contributed by atoms with Crippen molar-refractivity contribution in [2.45, 2.75) is 6.92 Å². The van der Waals surface area contributed by atoms with Crippen LogP contribution in [-0.4, -0.2) is 20.7 Å². The number of hydrazone groups is 1. The molecule has 0 radical (unpaired) electrons. The van der Waals surface area contributed by atoms with E-state index in [9.17, 15) is 0 Å². The third-order valence-corrected chi connectivity index (χ3v) is 2.56. The number of hydrogen-bond acceptors (Lipinski definition) is 4. The van der Waals surface area contributed by atoms with E-state index in [0.717, 1.165) is 11.4 Å². The molecule has 0 aromatic carbocycles. The van der Waals surface area contributed by atoms with Gasteiger partial charge in [0.2, 0.25) is 0 Å². The monoisotopic (exact) mass is 256 g/mol. The van der Waals surface area contributed by atoms with Crippen molar-refractivity contribution >= 4 is 22.9 Å². The third-order valence-electron chi connectivity index (χ3n) is 2.26. The molecule has 90 valence electrons. The Hall–Kier alpha value is -2.14. The largest absolute Gasteiger partial charge is 0.266 e. The third kappa shape index (κ3) is 3.18. The second kappa shape index (κ2) is 5.97. The second-order valence-electron chi connectivity index (χ2n) is 3.57. The normalized spacial score (nSPS) is 11.1. The SMILES string of the molecule is C/C(=N\NC(=S)c1ccccn1)c1ccccn1. The van der Waals surface area contributed by atoms with Crippen molar-refractivity contribution in [3.63, 3.8) is 0 Å². The summed E-state index contributed by atoms with van der Waals surface area (Å²) in [7, 11) is 0. The smallest absolute Gasteiger partial charge is 0.145 e. The van der Waals surface area contributed by atoms with Gasteiger partial charge in [-0.2, -0.15) is 5.10 Å². The van der Waals surface area contributed by atoms with Crippen LogP contribution in [0.15, 0.2) is 53.9 Å². The number of nitrogens with one attached hydrogen (secondary N) is 1. The van der Waals surface area contributed by atoms with Gasteiger partial charge >= 0.3 is 0 Å². The van der Waals surface area contributed by atoms with E-state index >= 15 is 0 Å². The molecule has 4 nitrogen and oxygen atoms in total. The first kappa shape index (κ1) is 12.3. The highest BCUT2D eigenvalue weighted by Crippen LogP contribution is 1.97. The van der Waals surface area contributed by atoms with Crippen molar-refractivity contribution < 1.29 is 0 Å². The summed E-state index contributed by atoms with van der Waals surface area (Å²) >= 11 is 5.19. The van der Waals surface area contributed by atoms with Crippen LogP contribution in [0.3, 0.4) is 0 Å². The summed E-state index contributed by atoms with van der Waals surface area (Å²) in [6.07, 6.45) is 3.42. The molecule has 0 spiro atoms. The highest BCUT2D eigenvalue weighted by Gasteiger charge is 2.01. The Labute approximate surface area is 111 Å². The van der Waals surface area contributed by atoms with Gasteiger partial charge in [0.05, 0.1) is 17.1 Å². The molecule has 2 aromatic rings.